The molecule has 1 aromatic heterocycles. The number of anilines is 5. The van der Waals surface area contributed by atoms with Crippen LogP contribution >= 0.6 is 11.6 Å². The van der Waals surface area contributed by atoms with E-state index in [-0.39, 0.29) is 10.5 Å². The van der Waals surface area contributed by atoms with Gasteiger partial charge >= 0.3 is 0 Å². The standard InChI is InChI=1S/C19H20ClFN6O2S/c1-27(2)16-7-12(10-21)17(30(22,28)29)8-15(16)26-19-9-18(23-11-24-19)25-14-5-3-13(20)4-6-14/h3-9,11H,10H2,1-2H3,(H2,22,28,29)(H2,23,24,25,26). The van der Waals surface area contributed by atoms with E-state index < -0.39 is 16.7 Å². The van der Waals surface area contributed by atoms with Gasteiger partial charge in [0.2, 0.25) is 10.0 Å². The van der Waals surface area contributed by atoms with Crippen LogP contribution in [-0.2, 0) is 16.7 Å². The number of halogens is 2. The highest BCUT2D eigenvalue weighted by Gasteiger charge is 2.19. The third-order valence-electron chi connectivity index (χ3n) is 4.16. The Labute approximate surface area is 179 Å². The number of nitrogens with one attached hydrogen (secondary N) is 2. The highest BCUT2D eigenvalue weighted by atomic mass is 35.5. The van der Waals surface area contributed by atoms with Crippen LogP contribution in [0.3, 0.4) is 0 Å². The maximum Gasteiger partial charge on any atom is 0.238 e. The first-order valence-electron chi connectivity index (χ1n) is 8.72. The zero-order chi connectivity index (χ0) is 21.9. The Hall–Kier alpha value is -2.95. The van der Waals surface area contributed by atoms with Crippen molar-refractivity contribution < 1.29 is 12.8 Å². The zero-order valence-electron chi connectivity index (χ0n) is 16.2. The Bertz CT molecular complexity index is 1160. The Kier molecular flexibility index (Phi) is 6.40. The van der Waals surface area contributed by atoms with Gasteiger partial charge in [-0.15, -0.1) is 0 Å². The van der Waals surface area contributed by atoms with Crippen molar-refractivity contribution in [1.82, 2.24) is 9.97 Å². The molecule has 158 valence electrons. The molecule has 0 saturated heterocycles. The van der Waals surface area contributed by atoms with E-state index in [9.17, 15) is 12.8 Å². The number of primary sulfonamides is 1. The van der Waals surface area contributed by atoms with E-state index in [0.29, 0.717) is 28.0 Å². The van der Waals surface area contributed by atoms with E-state index in [1.807, 2.05) is 0 Å². The van der Waals surface area contributed by atoms with Gasteiger partial charge in [0.15, 0.2) is 0 Å². The number of nitrogens with two attached hydrogens (primary N) is 1. The average molecular weight is 451 g/mol. The monoisotopic (exact) mass is 450 g/mol. The molecule has 0 radical (unpaired) electrons. The summed E-state index contributed by atoms with van der Waals surface area (Å²) in [6.45, 7) is -0.963. The molecule has 0 unspecified atom stereocenters. The molecule has 4 N–H and O–H groups in total. The summed E-state index contributed by atoms with van der Waals surface area (Å²) in [5.41, 5.74) is 1.74. The molecule has 0 atom stereocenters. The number of nitrogens with zero attached hydrogens (tertiary/aromatic N) is 3. The zero-order valence-corrected chi connectivity index (χ0v) is 17.8. The van der Waals surface area contributed by atoms with Crippen molar-refractivity contribution in [2.24, 2.45) is 5.14 Å². The van der Waals surface area contributed by atoms with Gasteiger partial charge in [-0.1, -0.05) is 11.6 Å². The molecule has 0 fully saturated rings. The van der Waals surface area contributed by atoms with E-state index in [4.69, 9.17) is 16.7 Å². The van der Waals surface area contributed by atoms with E-state index in [0.717, 1.165) is 5.69 Å². The smallest absolute Gasteiger partial charge is 0.238 e. The lowest BCUT2D eigenvalue weighted by atomic mass is 10.1. The van der Waals surface area contributed by atoms with Crippen LogP contribution in [0.15, 0.2) is 53.7 Å². The summed E-state index contributed by atoms with van der Waals surface area (Å²) in [4.78, 5) is 9.78. The van der Waals surface area contributed by atoms with Gasteiger partial charge < -0.3 is 15.5 Å². The van der Waals surface area contributed by atoms with Crippen molar-refractivity contribution in [2.75, 3.05) is 29.6 Å². The number of sulfonamides is 1. The van der Waals surface area contributed by atoms with E-state index >= 15 is 0 Å². The molecule has 0 aliphatic carbocycles. The first-order chi connectivity index (χ1) is 14.2. The minimum absolute atomic E-state index is 0.0143. The molecule has 8 nitrogen and oxygen atoms in total. The molecule has 0 spiro atoms. The number of benzene rings is 2. The molecule has 1 heterocycles. The van der Waals surface area contributed by atoms with E-state index in [2.05, 4.69) is 20.6 Å². The first kappa shape index (κ1) is 21.8. The van der Waals surface area contributed by atoms with Crippen LogP contribution in [0.4, 0.5) is 33.1 Å². The number of aromatic nitrogens is 2. The van der Waals surface area contributed by atoms with Gasteiger partial charge in [0.05, 0.1) is 16.3 Å². The summed E-state index contributed by atoms with van der Waals surface area (Å²) >= 11 is 5.89. The Morgan fingerprint density at radius 3 is 2.27 bits per heavy atom. The van der Waals surface area contributed by atoms with Crippen LogP contribution in [0, 0.1) is 0 Å². The van der Waals surface area contributed by atoms with Crippen LogP contribution in [-0.4, -0.2) is 32.5 Å². The van der Waals surface area contributed by atoms with Crippen LogP contribution in [0.2, 0.25) is 5.02 Å². The van der Waals surface area contributed by atoms with Crippen LogP contribution < -0.4 is 20.7 Å². The highest BCUT2D eigenvalue weighted by molar-refractivity contribution is 7.89. The second kappa shape index (κ2) is 8.82. The maximum atomic E-state index is 13.4. The fraction of sp³-hybridized carbons (Fsp3) is 0.158. The molecular weight excluding hydrogens is 431 g/mol. The second-order valence-electron chi connectivity index (χ2n) is 6.60. The molecule has 3 aromatic rings. The van der Waals surface area contributed by atoms with E-state index in [1.165, 1.54) is 18.5 Å². The van der Waals surface area contributed by atoms with Crippen molar-refractivity contribution in [3.8, 4) is 0 Å². The van der Waals surface area contributed by atoms with Crippen molar-refractivity contribution in [3.05, 3.63) is 59.4 Å². The van der Waals surface area contributed by atoms with Gasteiger partial charge in [0.25, 0.3) is 0 Å². The van der Waals surface area contributed by atoms with E-state index in [1.54, 1.807) is 49.3 Å². The Morgan fingerprint density at radius 1 is 1.07 bits per heavy atom. The summed E-state index contributed by atoms with van der Waals surface area (Å²) in [6, 6.07) is 11.5. The van der Waals surface area contributed by atoms with Crippen LogP contribution in [0.25, 0.3) is 0 Å². The SMILES string of the molecule is CN(C)c1cc(CF)c(S(N)(=O)=O)cc1Nc1cc(Nc2ccc(Cl)cc2)ncn1. The molecule has 11 heteroatoms. The fourth-order valence-corrected chi connectivity index (χ4v) is 3.65. The highest BCUT2D eigenvalue weighted by Crippen LogP contribution is 2.33. The van der Waals surface area contributed by atoms with Gasteiger partial charge in [0, 0.05) is 36.4 Å². The lowest BCUT2D eigenvalue weighted by Crippen LogP contribution is -2.17. The topological polar surface area (TPSA) is 113 Å². The molecule has 30 heavy (non-hydrogen) atoms. The van der Waals surface area contributed by atoms with Gasteiger partial charge in [-0.25, -0.2) is 27.9 Å². The molecule has 0 bridgehead atoms. The number of hydrogen-bond donors (Lipinski definition) is 3. The van der Waals surface area contributed by atoms with Crippen LogP contribution in [0.5, 0.6) is 0 Å². The predicted octanol–water partition coefficient (Wildman–Crippen LogP) is 3.80. The van der Waals surface area contributed by atoms with Gasteiger partial charge in [-0.05, 0) is 36.4 Å². The van der Waals surface area contributed by atoms with Crippen LogP contribution in [0.1, 0.15) is 5.56 Å². The third kappa shape index (κ3) is 5.15. The lowest BCUT2D eigenvalue weighted by Gasteiger charge is -2.21. The van der Waals surface area contributed by atoms with Gasteiger partial charge in [0.1, 0.15) is 24.6 Å². The fourth-order valence-electron chi connectivity index (χ4n) is 2.76. The summed E-state index contributed by atoms with van der Waals surface area (Å²) in [5.74, 6) is 0.909. The van der Waals surface area contributed by atoms with Gasteiger partial charge in [-0.3, -0.25) is 0 Å². The quantitative estimate of drug-likeness (QED) is 0.501. The first-order valence-corrected chi connectivity index (χ1v) is 10.6. The Morgan fingerprint density at radius 2 is 1.70 bits per heavy atom. The number of rotatable bonds is 7. The van der Waals surface area contributed by atoms with Crippen molar-refractivity contribution in [2.45, 2.75) is 11.6 Å². The summed E-state index contributed by atoms with van der Waals surface area (Å²) in [7, 11) is -0.596. The summed E-state index contributed by atoms with van der Waals surface area (Å²) in [5, 5.41) is 12.1. The molecule has 3 rings (SSSR count). The molecular formula is C19H20ClFN6O2S. The maximum absolute atomic E-state index is 13.4. The molecule has 0 aliphatic rings. The predicted molar refractivity (Wildman–Crippen MR) is 117 cm³/mol. The molecule has 0 aliphatic heterocycles. The minimum Gasteiger partial charge on any atom is -0.376 e. The normalized spacial score (nSPS) is 11.2. The van der Waals surface area contributed by atoms with Crippen molar-refractivity contribution in [3.63, 3.8) is 0 Å². The van der Waals surface area contributed by atoms with Crippen molar-refractivity contribution in [1.29, 1.82) is 0 Å². The molecule has 0 saturated carbocycles. The minimum atomic E-state index is -4.11. The Balaban J connectivity index is 1.96. The molecule has 2 aromatic carbocycles. The summed E-state index contributed by atoms with van der Waals surface area (Å²) in [6.07, 6.45) is 1.35. The molecule has 0 amide bonds. The largest absolute Gasteiger partial charge is 0.376 e. The van der Waals surface area contributed by atoms with Gasteiger partial charge in [-0.2, -0.15) is 0 Å². The number of hydrogen-bond acceptors (Lipinski definition) is 7. The third-order valence-corrected chi connectivity index (χ3v) is 5.40. The lowest BCUT2D eigenvalue weighted by molar-refractivity contribution is 0.478. The second-order valence-corrected chi connectivity index (χ2v) is 8.56. The summed E-state index contributed by atoms with van der Waals surface area (Å²) < 4.78 is 37.2. The van der Waals surface area contributed by atoms with Crippen molar-refractivity contribution >= 4 is 50.3 Å². The average Bonchev–Trinajstić information content (AvgIpc) is 2.69. The number of alkyl halides is 1.